The highest BCUT2D eigenvalue weighted by molar-refractivity contribution is 7.89. The summed E-state index contributed by atoms with van der Waals surface area (Å²) in [6.45, 7) is 1.56. The van der Waals surface area contributed by atoms with Crippen LogP contribution in [0.3, 0.4) is 0 Å². The minimum Gasteiger partial charge on any atom is -0.354 e. The molecule has 2 aliphatic rings. The molecule has 2 unspecified atom stereocenters. The van der Waals surface area contributed by atoms with E-state index >= 15 is 0 Å². The summed E-state index contributed by atoms with van der Waals surface area (Å²) >= 11 is 0. The number of fused-ring (bicyclic) bond motifs is 1. The van der Waals surface area contributed by atoms with Gasteiger partial charge >= 0.3 is 0 Å². The summed E-state index contributed by atoms with van der Waals surface area (Å²) in [7, 11) is -3.62. The van der Waals surface area contributed by atoms with Gasteiger partial charge in [-0.1, -0.05) is 42.5 Å². The van der Waals surface area contributed by atoms with Gasteiger partial charge < -0.3 is 5.32 Å². The van der Waals surface area contributed by atoms with Crippen LogP contribution >= 0.6 is 0 Å². The summed E-state index contributed by atoms with van der Waals surface area (Å²) in [5.74, 6) is -0.0229. The van der Waals surface area contributed by atoms with E-state index in [0.29, 0.717) is 19.5 Å². The maximum atomic E-state index is 12.8. The van der Waals surface area contributed by atoms with Gasteiger partial charge in [0.25, 0.3) is 0 Å². The number of sulfonamides is 1. The third kappa shape index (κ3) is 3.25. The Labute approximate surface area is 153 Å². The number of hydrogen-bond acceptors (Lipinski definition) is 4. The number of rotatable bonds is 4. The number of benzene rings is 2. The molecule has 0 radical (unpaired) electrons. The molecule has 1 fully saturated rings. The third-order valence-electron chi connectivity index (χ3n) is 5.02. The lowest BCUT2D eigenvalue weighted by Gasteiger charge is -2.36. The highest BCUT2D eigenvalue weighted by Crippen LogP contribution is 2.36. The van der Waals surface area contributed by atoms with E-state index in [0.717, 1.165) is 11.1 Å². The molecule has 2 aromatic carbocycles. The Morgan fingerprint density at radius 3 is 2.54 bits per heavy atom. The Kier molecular flexibility index (Phi) is 4.52. The van der Waals surface area contributed by atoms with E-state index in [1.807, 2.05) is 24.3 Å². The maximum absolute atomic E-state index is 12.8. The zero-order valence-electron chi connectivity index (χ0n) is 14.3. The number of carbonyl (C=O) groups is 1. The Morgan fingerprint density at radius 1 is 1.04 bits per heavy atom. The molecule has 0 bridgehead atoms. The van der Waals surface area contributed by atoms with E-state index < -0.39 is 10.0 Å². The maximum Gasteiger partial charge on any atom is 0.240 e. The minimum absolute atomic E-state index is 0.0229. The third-order valence-corrected chi connectivity index (χ3v) is 6.52. The second kappa shape index (κ2) is 6.83. The Hall–Kier alpha value is -2.22. The van der Waals surface area contributed by atoms with Crippen LogP contribution in [0.4, 0.5) is 0 Å². The second-order valence-corrected chi connectivity index (χ2v) is 8.42. The van der Waals surface area contributed by atoms with Gasteiger partial charge in [-0.05, 0) is 29.7 Å². The van der Waals surface area contributed by atoms with Gasteiger partial charge in [0.05, 0.1) is 17.5 Å². The van der Waals surface area contributed by atoms with Crippen molar-refractivity contribution in [3.8, 4) is 0 Å². The van der Waals surface area contributed by atoms with Crippen molar-refractivity contribution >= 4 is 15.9 Å². The molecule has 136 valence electrons. The number of piperazine rings is 1. The summed E-state index contributed by atoms with van der Waals surface area (Å²) < 4.78 is 28.5. The number of hydrogen-bond donors (Lipinski definition) is 2. The van der Waals surface area contributed by atoms with Crippen LogP contribution in [0.25, 0.3) is 0 Å². The van der Waals surface area contributed by atoms with Crippen LogP contribution in [0.2, 0.25) is 0 Å². The average Bonchev–Trinajstić information content (AvgIpc) is 2.99. The van der Waals surface area contributed by atoms with Gasteiger partial charge in [0.15, 0.2) is 0 Å². The SMILES string of the molecule is O=C1CN(C2c3ccccc3CC2NS(=O)(=O)c2ccccc2)CCN1. The molecule has 0 aromatic heterocycles. The average molecular weight is 371 g/mol. The van der Waals surface area contributed by atoms with E-state index in [1.165, 1.54) is 0 Å². The summed E-state index contributed by atoms with van der Waals surface area (Å²) in [5.41, 5.74) is 2.23. The quantitative estimate of drug-likeness (QED) is 0.843. The Bertz CT molecular complexity index is 915. The topological polar surface area (TPSA) is 78.5 Å². The van der Waals surface area contributed by atoms with Crippen LogP contribution in [0.15, 0.2) is 59.5 Å². The molecule has 0 spiro atoms. The van der Waals surface area contributed by atoms with Gasteiger partial charge in [-0.3, -0.25) is 9.69 Å². The van der Waals surface area contributed by atoms with Crippen LogP contribution in [0.1, 0.15) is 17.2 Å². The van der Waals surface area contributed by atoms with E-state index in [-0.39, 0.29) is 29.4 Å². The molecular weight excluding hydrogens is 350 g/mol. The summed E-state index contributed by atoms with van der Waals surface area (Å²) in [5, 5.41) is 2.83. The Morgan fingerprint density at radius 2 is 1.77 bits per heavy atom. The first-order valence-electron chi connectivity index (χ1n) is 8.70. The standard InChI is InChI=1S/C19H21N3O3S/c23-18-13-22(11-10-20-18)19-16-9-5-4-6-14(16)12-17(19)21-26(24,25)15-7-2-1-3-8-15/h1-9,17,19,21H,10-13H2,(H,20,23). The van der Waals surface area contributed by atoms with Crippen molar-refractivity contribution in [2.75, 3.05) is 19.6 Å². The monoisotopic (exact) mass is 371 g/mol. The normalized spacial score (nSPS) is 23.5. The molecule has 1 aliphatic carbocycles. The van der Waals surface area contributed by atoms with Gasteiger partial charge in [-0.25, -0.2) is 13.1 Å². The van der Waals surface area contributed by atoms with Crippen LogP contribution in [0, 0.1) is 0 Å². The van der Waals surface area contributed by atoms with Gasteiger partial charge in [-0.2, -0.15) is 0 Å². The first-order chi connectivity index (χ1) is 12.5. The fourth-order valence-corrected chi connectivity index (χ4v) is 5.16. The van der Waals surface area contributed by atoms with E-state index in [9.17, 15) is 13.2 Å². The molecule has 2 aromatic rings. The molecule has 26 heavy (non-hydrogen) atoms. The number of nitrogens with zero attached hydrogens (tertiary/aromatic N) is 1. The molecule has 4 rings (SSSR count). The smallest absolute Gasteiger partial charge is 0.240 e. The number of nitrogens with one attached hydrogen (secondary N) is 2. The van der Waals surface area contributed by atoms with Crippen LogP contribution in [-0.2, 0) is 21.2 Å². The zero-order chi connectivity index (χ0) is 18.1. The van der Waals surface area contributed by atoms with Crippen molar-refractivity contribution in [1.82, 2.24) is 14.9 Å². The molecule has 1 heterocycles. The summed E-state index contributed by atoms with van der Waals surface area (Å²) in [6.07, 6.45) is 0.616. The minimum atomic E-state index is -3.62. The predicted octanol–water partition coefficient (Wildman–Crippen LogP) is 1.06. The van der Waals surface area contributed by atoms with Crippen molar-refractivity contribution < 1.29 is 13.2 Å². The molecule has 6 nitrogen and oxygen atoms in total. The molecule has 2 N–H and O–H groups in total. The van der Waals surface area contributed by atoms with E-state index in [4.69, 9.17) is 0 Å². The largest absolute Gasteiger partial charge is 0.354 e. The van der Waals surface area contributed by atoms with Gasteiger partial charge in [0, 0.05) is 19.1 Å². The Balaban J connectivity index is 1.65. The molecule has 0 saturated carbocycles. The molecular formula is C19H21N3O3S. The van der Waals surface area contributed by atoms with E-state index in [1.54, 1.807) is 30.3 Å². The molecule has 1 aliphatic heterocycles. The second-order valence-electron chi connectivity index (χ2n) is 6.71. The number of amides is 1. The van der Waals surface area contributed by atoms with Crippen molar-refractivity contribution in [2.24, 2.45) is 0 Å². The highest BCUT2D eigenvalue weighted by atomic mass is 32.2. The fourth-order valence-electron chi connectivity index (χ4n) is 3.89. The molecule has 2 atom stereocenters. The lowest BCUT2D eigenvalue weighted by molar-refractivity contribution is -0.125. The molecule has 7 heteroatoms. The van der Waals surface area contributed by atoms with Gasteiger partial charge in [0.1, 0.15) is 0 Å². The van der Waals surface area contributed by atoms with Crippen molar-refractivity contribution in [1.29, 1.82) is 0 Å². The van der Waals surface area contributed by atoms with Crippen molar-refractivity contribution in [3.63, 3.8) is 0 Å². The van der Waals surface area contributed by atoms with Gasteiger partial charge in [-0.15, -0.1) is 0 Å². The van der Waals surface area contributed by atoms with Gasteiger partial charge in [0.2, 0.25) is 15.9 Å². The van der Waals surface area contributed by atoms with Crippen molar-refractivity contribution in [3.05, 3.63) is 65.7 Å². The molecule has 1 saturated heterocycles. The highest BCUT2D eigenvalue weighted by Gasteiger charge is 2.40. The fraction of sp³-hybridized carbons (Fsp3) is 0.316. The van der Waals surface area contributed by atoms with Crippen LogP contribution in [0.5, 0.6) is 0 Å². The summed E-state index contributed by atoms with van der Waals surface area (Å²) in [4.78, 5) is 14.2. The van der Waals surface area contributed by atoms with Crippen LogP contribution < -0.4 is 10.0 Å². The molecule has 1 amide bonds. The predicted molar refractivity (Wildman–Crippen MR) is 98.0 cm³/mol. The lowest BCUT2D eigenvalue weighted by Crippen LogP contribution is -2.53. The van der Waals surface area contributed by atoms with Crippen LogP contribution in [-0.4, -0.2) is 44.9 Å². The van der Waals surface area contributed by atoms with Crippen molar-refractivity contribution in [2.45, 2.75) is 23.4 Å². The number of carbonyl (C=O) groups excluding carboxylic acids is 1. The zero-order valence-corrected chi connectivity index (χ0v) is 15.1. The first-order valence-corrected chi connectivity index (χ1v) is 10.2. The lowest BCUT2D eigenvalue weighted by atomic mass is 10.0. The first kappa shape index (κ1) is 17.2. The summed E-state index contributed by atoms with van der Waals surface area (Å²) in [6, 6.07) is 15.9. The van der Waals surface area contributed by atoms with E-state index in [2.05, 4.69) is 14.9 Å².